The smallest absolute Gasteiger partial charge is 0.00891 e. The lowest BCUT2D eigenvalue weighted by atomic mass is 9.83. The Morgan fingerprint density at radius 1 is 1.17 bits per heavy atom. The van der Waals surface area contributed by atoms with Gasteiger partial charge >= 0.3 is 0 Å². The summed E-state index contributed by atoms with van der Waals surface area (Å²) in [5.41, 5.74) is 0.984. The highest BCUT2D eigenvalue weighted by molar-refractivity contribution is 5.81. The highest BCUT2D eigenvalue weighted by Crippen LogP contribution is 2.26. The largest absolute Gasteiger partial charge is 0.310 e. The van der Waals surface area contributed by atoms with Crippen LogP contribution in [0, 0.1) is 17.2 Å². The van der Waals surface area contributed by atoms with Gasteiger partial charge in [0, 0.05) is 5.71 Å². The first-order valence-electron chi connectivity index (χ1n) is 5.26. The third-order valence-corrected chi connectivity index (χ3v) is 3.05. The molecular weight excluding hydrogens is 146 g/mol. The summed E-state index contributed by atoms with van der Waals surface area (Å²) < 4.78 is 0. The van der Waals surface area contributed by atoms with Crippen molar-refractivity contribution in [3.8, 4) is 0 Å². The van der Waals surface area contributed by atoms with E-state index in [1.807, 2.05) is 0 Å². The van der Waals surface area contributed by atoms with Crippen molar-refractivity contribution in [2.24, 2.45) is 11.8 Å². The van der Waals surface area contributed by atoms with Gasteiger partial charge in [0.1, 0.15) is 0 Å². The number of nitrogens with one attached hydrogen (secondary N) is 1. The van der Waals surface area contributed by atoms with Crippen LogP contribution in [0.15, 0.2) is 0 Å². The molecule has 1 aliphatic carbocycles. The van der Waals surface area contributed by atoms with E-state index < -0.39 is 0 Å². The molecule has 1 rings (SSSR count). The summed E-state index contributed by atoms with van der Waals surface area (Å²) in [6.07, 6.45) is 7.32. The maximum Gasteiger partial charge on any atom is 0.00891 e. The molecule has 0 aromatic heterocycles. The molecule has 0 aromatic carbocycles. The summed E-state index contributed by atoms with van der Waals surface area (Å²) in [6, 6.07) is 0. The zero-order chi connectivity index (χ0) is 8.97. The number of rotatable bonds is 1. The second-order valence-corrected chi connectivity index (χ2v) is 4.39. The van der Waals surface area contributed by atoms with Crippen LogP contribution in [0.5, 0.6) is 0 Å². The van der Waals surface area contributed by atoms with Gasteiger partial charge in [-0.3, -0.25) is 0 Å². The van der Waals surface area contributed by atoms with Crippen molar-refractivity contribution < 1.29 is 0 Å². The average molecular weight is 167 g/mol. The van der Waals surface area contributed by atoms with Crippen molar-refractivity contribution in [3.05, 3.63) is 0 Å². The van der Waals surface area contributed by atoms with Gasteiger partial charge in [0.2, 0.25) is 0 Å². The molecule has 0 aliphatic heterocycles. The van der Waals surface area contributed by atoms with Crippen molar-refractivity contribution in [1.29, 1.82) is 5.41 Å². The van der Waals surface area contributed by atoms with E-state index in [2.05, 4.69) is 13.8 Å². The molecule has 1 fully saturated rings. The third-order valence-electron chi connectivity index (χ3n) is 3.05. The molecule has 1 heteroatoms. The molecule has 0 bridgehead atoms. The van der Waals surface area contributed by atoms with Crippen LogP contribution in [0.2, 0.25) is 0 Å². The van der Waals surface area contributed by atoms with Crippen molar-refractivity contribution in [2.75, 3.05) is 0 Å². The van der Waals surface area contributed by atoms with E-state index in [1.165, 1.54) is 25.7 Å². The molecule has 0 heterocycles. The van der Waals surface area contributed by atoms with Gasteiger partial charge in [-0.05, 0) is 50.4 Å². The Morgan fingerprint density at radius 2 is 1.67 bits per heavy atom. The van der Waals surface area contributed by atoms with Gasteiger partial charge in [-0.15, -0.1) is 0 Å². The standard InChI is InChI=1S/C11H21N/c1-9(2)10-5-3-7-11(12)8-4-6-10/h9-10,12H,3-8H2,1-2H3. The second-order valence-electron chi connectivity index (χ2n) is 4.39. The van der Waals surface area contributed by atoms with Gasteiger partial charge in [0.05, 0.1) is 0 Å². The van der Waals surface area contributed by atoms with E-state index in [9.17, 15) is 0 Å². The zero-order valence-electron chi connectivity index (χ0n) is 8.40. The van der Waals surface area contributed by atoms with E-state index in [0.717, 1.165) is 30.4 Å². The Kier molecular flexibility index (Phi) is 3.77. The summed E-state index contributed by atoms with van der Waals surface area (Å²) in [5.74, 6) is 1.77. The van der Waals surface area contributed by atoms with Crippen LogP contribution in [-0.2, 0) is 0 Å². The van der Waals surface area contributed by atoms with Crippen molar-refractivity contribution in [1.82, 2.24) is 0 Å². The highest BCUT2D eigenvalue weighted by atomic mass is 14.4. The molecule has 0 unspecified atom stereocenters. The van der Waals surface area contributed by atoms with Crippen LogP contribution in [0.1, 0.15) is 52.4 Å². The molecule has 1 nitrogen and oxygen atoms in total. The van der Waals surface area contributed by atoms with E-state index in [1.54, 1.807) is 0 Å². The predicted molar refractivity (Wildman–Crippen MR) is 53.8 cm³/mol. The predicted octanol–water partition coefficient (Wildman–Crippen LogP) is 3.63. The quantitative estimate of drug-likeness (QED) is 0.616. The average Bonchev–Trinajstić information content (AvgIpc) is 1.95. The molecule has 0 saturated heterocycles. The molecule has 0 radical (unpaired) electrons. The van der Waals surface area contributed by atoms with Crippen LogP contribution < -0.4 is 0 Å². The van der Waals surface area contributed by atoms with Gasteiger partial charge < -0.3 is 5.41 Å². The van der Waals surface area contributed by atoms with E-state index in [0.29, 0.717) is 0 Å². The van der Waals surface area contributed by atoms with Gasteiger partial charge in [-0.2, -0.15) is 0 Å². The topological polar surface area (TPSA) is 23.9 Å². The van der Waals surface area contributed by atoms with Crippen LogP contribution in [0.25, 0.3) is 0 Å². The molecule has 0 aromatic rings. The maximum atomic E-state index is 7.60. The monoisotopic (exact) mass is 167 g/mol. The number of hydrogen-bond acceptors (Lipinski definition) is 1. The first kappa shape index (κ1) is 9.76. The molecule has 0 atom stereocenters. The lowest BCUT2D eigenvalue weighted by Gasteiger charge is -2.23. The van der Waals surface area contributed by atoms with Crippen LogP contribution in [0.4, 0.5) is 0 Å². The summed E-state index contributed by atoms with van der Waals surface area (Å²) in [4.78, 5) is 0. The minimum absolute atomic E-state index is 0.845. The summed E-state index contributed by atoms with van der Waals surface area (Å²) in [5, 5.41) is 7.60. The summed E-state index contributed by atoms with van der Waals surface area (Å²) in [7, 11) is 0. The Hall–Kier alpha value is -0.330. The first-order chi connectivity index (χ1) is 5.70. The van der Waals surface area contributed by atoms with E-state index in [-0.39, 0.29) is 0 Å². The fraction of sp³-hybridized carbons (Fsp3) is 0.909. The highest BCUT2D eigenvalue weighted by Gasteiger charge is 2.15. The minimum Gasteiger partial charge on any atom is -0.310 e. The molecule has 0 amide bonds. The third kappa shape index (κ3) is 2.96. The molecule has 70 valence electrons. The Bertz CT molecular complexity index is 137. The van der Waals surface area contributed by atoms with Crippen molar-refractivity contribution in [3.63, 3.8) is 0 Å². The first-order valence-corrected chi connectivity index (χ1v) is 5.26. The van der Waals surface area contributed by atoms with Gasteiger partial charge in [-0.1, -0.05) is 13.8 Å². The Labute approximate surface area is 76.1 Å². The Balaban J connectivity index is 2.35. The second kappa shape index (κ2) is 4.64. The molecule has 1 saturated carbocycles. The lowest BCUT2D eigenvalue weighted by Crippen LogP contribution is -2.13. The van der Waals surface area contributed by atoms with Crippen LogP contribution in [-0.4, -0.2) is 5.71 Å². The fourth-order valence-corrected chi connectivity index (χ4v) is 2.09. The molecule has 12 heavy (non-hydrogen) atoms. The Morgan fingerprint density at radius 3 is 2.08 bits per heavy atom. The molecular formula is C11H21N. The van der Waals surface area contributed by atoms with E-state index in [4.69, 9.17) is 5.41 Å². The van der Waals surface area contributed by atoms with Gasteiger partial charge in [-0.25, -0.2) is 0 Å². The normalized spacial score (nSPS) is 26.9. The fourth-order valence-electron chi connectivity index (χ4n) is 2.09. The van der Waals surface area contributed by atoms with Crippen molar-refractivity contribution in [2.45, 2.75) is 52.4 Å². The van der Waals surface area contributed by atoms with Crippen molar-refractivity contribution >= 4 is 5.71 Å². The van der Waals surface area contributed by atoms with Gasteiger partial charge in [0.15, 0.2) is 0 Å². The maximum absolute atomic E-state index is 7.60. The number of hydrogen-bond donors (Lipinski definition) is 1. The van der Waals surface area contributed by atoms with Gasteiger partial charge in [0.25, 0.3) is 0 Å². The van der Waals surface area contributed by atoms with Crippen LogP contribution >= 0.6 is 0 Å². The molecule has 1 aliphatic rings. The SMILES string of the molecule is CC(C)C1CCCC(=N)CCC1. The molecule has 1 N–H and O–H groups in total. The minimum atomic E-state index is 0.845. The summed E-state index contributed by atoms with van der Waals surface area (Å²) >= 11 is 0. The lowest BCUT2D eigenvalue weighted by molar-refractivity contribution is 0.319. The van der Waals surface area contributed by atoms with Crippen LogP contribution in [0.3, 0.4) is 0 Å². The van der Waals surface area contributed by atoms with E-state index >= 15 is 0 Å². The molecule has 0 spiro atoms. The zero-order valence-corrected chi connectivity index (χ0v) is 8.40. The summed E-state index contributed by atoms with van der Waals surface area (Å²) in [6.45, 7) is 4.66.